The summed E-state index contributed by atoms with van der Waals surface area (Å²) in [5, 5.41) is 0. The van der Waals surface area contributed by atoms with Crippen LogP contribution in [0, 0.1) is 12.7 Å². The lowest BCUT2D eigenvalue weighted by Gasteiger charge is -2.27. The number of rotatable bonds is 7. The van der Waals surface area contributed by atoms with Gasteiger partial charge in [-0.15, -0.1) is 0 Å². The Morgan fingerprint density at radius 2 is 1.90 bits per heavy atom. The van der Waals surface area contributed by atoms with Crippen LogP contribution in [0.4, 0.5) is 4.39 Å². The quantitative estimate of drug-likeness (QED) is 0.487. The van der Waals surface area contributed by atoms with Crippen LogP contribution >= 0.6 is 0 Å². The predicted octanol–water partition coefficient (Wildman–Crippen LogP) is 5.27. The summed E-state index contributed by atoms with van der Waals surface area (Å²) in [4.78, 5) is 17.0. The summed E-state index contributed by atoms with van der Waals surface area (Å²) >= 11 is 0. The first-order valence-electron chi connectivity index (χ1n) is 10.7. The largest absolute Gasteiger partial charge is 0.486 e. The van der Waals surface area contributed by atoms with Crippen molar-refractivity contribution in [2.24, 2.45) is 0 Å². The van der Waals surface area contributed by atoms with Gasteiger partial charge in [-0.3, -0.25) is 4.79 Å². The second kappa shape index (κ2) is 8.92. The fourth-order valence-corrected chi connectivity index (χ4v) is 4.33. The number of carbonyl (C=O) groups excluding carboxylic acids is 1. The van der Waals surface area contributed by atoms with E-state index >= 15 is 0 Å². The van der Waals surface area contributed by atoms with Gasteiger partial charge in [-0.25, -0.2) is 9.37 Å². The van der Waals surface area contributed by atoms with Crippen LogP contribution in [0.1, 0.15) is 49.6 Å². The van der Waals surface area contributed by atoms with Gasteiger partial charge in [0.1, 0.15) is 12.4 Å². The molecule has 1 heterocycles. The van der Waals surface area contributed by atoms with E-state index in [1.165, 1.54) is 6.07 Å². The molecule has 31 heavy (non-hydrogen) atoms. The number of benzene rings is 2. The van der Waals surface area contributed by atoms with Crippen LogP contribution in [0.15, 0.2) is 54.9 Å². The Morgan fingerprint density at radius 3 is 2.55 bits per heavy atom. The number of hydrogen-bond donors (Lipinski definition) is 0. The fraction of sp³-hybridized carbons (Fsp3) is 0.360. The normalized spacial score (nSPS) is 15.1. The molecule has 3 aromatic rings. The zero-order chi connectivity index (χ0) is 21.8. The lowest BCUT2D eigenvalue weighted by atomic mass is 9.79. The predicted molar refractivity (Wildman–Crippen MR) is 116 cm³/mol. The molecule has 1 fully saturated rings. The summed E-state index contributed by atoms with van der Waals surface area (Å²) in [5.74, 6) is 0.398. The molecule has 0 aliphatic heterocycles. The van der Waals surface area contributed by atoms with Crippen LogP contribution in [-0.2, 0) is 21.6 Å². The molecule has 5 nitrogen and oxygen atoms in total. The van der Waals surface area contributed by atoms with E-state index in [1.807, 2.05) is 42.0 Å². The van der Waals surface area contributed by atoms with Gasteiger partial charge in [0, 0.05) is 18.1 Å². The first-order chi connectivity index (χ1) is 15.0. The molecule has 4 rings (SSSR count). The second-order valence-electron chi connectivity index (χ2n) is 7.95. The number of halogens is 1. The van der Waals surface area contributed by atoms with Crippen molar-refractivity contribution < 1.29 is 18.7 Å². The summed E-state index contributed by atoms with van der Waals surface area (Å²) in [6.07, 6.45) is 7.00. The standard InChI is InChI=1S/C25H27FN2O3/c1-3-30-24(29)25(12-4-5-13-25)20-8-11-22(26)23(16-20)31-17-19-6-9-21(10-7-19)28-15-14-27-18(28)2/h6-11,14-16H,3-5,12-13,17H2,1-2H3. The van der Waals surface area contributed by atoms with E-state index in [0.29, 0.717) is 19.4 Å². The Hall–Kier alpha value is -3.15. The average molecular weight is 423 g/mol. The lowest BCUT2D eigenvalue weighted by Crippen LogP contribution is -2.34. The number of nitrogens with zero attached hydrogens (tertiary/aromatic N) is 2. The highest BCUT2D eigenvalue weighted by atomic mass is 19.1. The Morgan fingerprint density at radius 1 is 1.16 bits per heavy atom. The van der Waals surface area contributed by atoms with Crippen molar-refractivity contribution in [3.63, 3.8) is 0 Å². The van der Waals surface area contributed by atoms with E-state index in [-0.39, 0.29) is 18.3 Å². The second-order valence-corrected chi connectivity index (χ2v) is 7.95. The Kier molecular flexibility index (Phi) is 6.07. The van der Waals surface area contributed by atoms with Gasteiger partial charge in [-0.05, 0) is 62.1 Å². The van der Waals surface area contributed by atoms with Crippen molar-refractivity contribution >= 4 is 5.97 Å². The van der Waals surface area contributed by atoms with Gasteiger partial charge in [0.25, 0.3) is 0 Å². The van der Waals surface area contributed by atoms with Crippen molar-refractivity contribution in [1.82, 2.24) is 9.55 Å². The number of aryl methyl sites for hydroxylation is 1. The summed E-state index contributed by atoms with van der Waals surface area (Å²) in [6, 6.07) is 12.6. The summed E-state index contributed by atoms with van der Waals surface area (Å²) < 4.78 is 27.6. The SMILES string of the molecule is CCOC(=O)C1(c2ccc(F)c(OCc3ccc(-n4ccnc4C)cc3)c2)CCCC1. The number of hydrogen-bond acceptors (Lipinski definition) is 4. The van der Waals surface area contributed by atoms with Crippen LogP contribution in [0.5, 0.6) is 5.75 Å². The van der Waals surface area contributed by atoms with Crippen molar-refractivity contribution in [2.45, 2.75) is 51.6 Å². The molecule has 1 aliphatic carbocycles. The van der Waals surface area contributed by atoms with Gasteiger partial charge >= 0.3 is 5.97 Å². The van der Waals surface area contributed by atoms with Gasteiger partial charge in [0.05, 0.1) is 12.0 Å². The minimum atomic E-state index is -0.702. The Labute approximate surface area is 181 Å². The van der Waals surface area contributed by atoms with Crippen LogP contribution in [0.25, 0.3) is 5.69 Å². The molecule has 1 aromatic heterocycles. The molecule has 2 aromatic carbocycles. The molecule has 0 spiro atoms. The van der Waals surface area contributed by atoms with E-state index in [2.05, 4.69) is 4.98 Å². The molecule has 0 bridgehead atoms. The maximum absolute atomic E-state index is 14.5. The van der Waals surface area contributed by atoms with Crippen molar-refractivity contribution in [2.75, 3.05) is 6.61 Å². The van der Waals surface area contributed by atoms with E-state index in [4.69, 9.17) is 9.47 Å². The molecule has 1 aliphatic rings. The van der Waals surface area contributed by atoms with Crippen LogP contribution in [0.2, 0.25) is 0 Å². The third kappa shape index (κ3) is 4.20. The summed E-state index contributed by atoms with van der Waals surface area (Å²) in [5.41, 5.74) is 1.99. The monoisotopic (exact) mass is 422 g/mol. The van der Waals surface area contributed by atoms with Crippen molar-refractivity contribution in [3.8, 4) is 11.4 Å². The molecule has 162 valence electrons. The molecule has 0 saturated heterocycles. The minimum absolute atomic E-state index is 0.155. The molecule has 1 saturated carbocycles. The number of imidazole rings is 1. The molecule has 6 heteroatoms. The molecule has 0 unspecified atom stereocenters. The molecule has 0 radical (unpaired) electrons. The molecular weight excluding hydrogens is 395 g/mol. The zero-order valence-corrected chi connectivity index (χ0v) is 17.9. The highest BCUT2D eigenvalue weighted by Crippen LogP contribution is 2.43. The lowest BCUT2D eigenvalue weighted by molar-refractivity contribution is -0.150. The molecular formula is C25H27FN2O3. The van der Waals surface area contributed by atoms with Gasteiger partial charge in [0.2, 0.25) is 0 Å². The average Bonchev–Trinajstić information content (AvgIpc) is 3.44. The Bertz CT molecular complexity index is 1050. The Balaban J connectivity index is 1.51. The topological polar surface area (TPSA) is 53.4 Å². The molecule has 0 N–H and O–H groups in total. The number of carbonyl (C=O) groups is 1. The van der Waals surface area contributed by atoms with Gasteiger partial charge in [-0.2, -0.15) is 0 Å². The van der Waals surface area contributed by atoms with Crippen LogP contribution in [0.3, 0.4) is 0 Å². The first kappa shape index (κ1) is 21.1. The third-order valence-electron chi connectivity index (χ3n) is 6.04. The highest BCUT2D eigenvalue weighted by Gasteiger charge is 2.44. The van der Waals surface area contributed by atoms with Gasteiger partial charge in [0.15, 0.2) is 11.6 Å². The smallest absolute Gasteiger partial charge is 0.316 e. The third-order valence-corrected chi connectivity index (χ3v) is 6.04. The van der Waals surface area contributed by atoms with Crippen LogP contribution in [-0.4, -0.2) is 22.1 Å². The molecule has 0 atom stereocenters. The van der Waals surface area contributed by atoms with E-state index in [9.17, 15) is 9.18 Å². The maximum atomic E-state index is 14.5. The number of aromatic nitrogens is 2. The van der Waals surface area contributed by atoms with Gasteiger partial charge < -0.3 is 14.0 Å². The molecule has 0 amide bonds. The zero-order valence-electron chi connectivity index (χ0n) is 17.9. The number of ether oxygens (including phenoxy) is 2. The number of esters is 1. The summed E-state index contributed by atoms with van der Waals surface area (Å²) in [7, 11) is 0. The minimum Gasteiger partial charge on any atom is -0.486 e. The van der Waals surface area contributed by atoms with Gasteiger partial charge in [-0.1, -0.05) is 31.0 Å². The van der Waals surface area contributed by atoms with E-state index in [0.717, 1.165) is 35.5 Å². The van der Waals surface area contributed by atoms with E-state index < -0.39 is 11.2 Å². The first-order valence-corrected chi connectivity index (χ1v) is 10.7. The maximum Gasteiger partial charge on any atom is 0.316 e. The highest BCUT2D eigenvalue weighted by molar-refractivity contribution is 5.83. The van der Waals surface area contributed by atoms with Crippen molar-refractivity contribution in [3.05, 3.63) is 77.6 Å². The fourth-order valence-electron chi connectivity index (χ4n) is 4.33. The summed E-state index contributed by atoms with van der Waals surface area (Å²) in [6.45, 7) is 4.31. The van der Waals surface area contributed by atoms with E-state index in [1.54, 1.807) is 25.3 Å². The van der Waals surface area contributed by atoms with Crippen molar-refractivity contribution in [1.29, 1.82) is 0 Å². The van der Waals surface area contributed by atoms with Crippen LogP contribution < -0.4 is 4.74 Å².